The number of nitrogens with one attached hydrogen (secondary N) is 3. The van der Waals surface area contributed by atoms with Crippen molar-refractivity contribution in [2.45, 2.75) is 56.5 Å². The maximum Gasteiger partial charge on any atom is 0.235 e. The molecule has 2 aliphatic carbocycles. The van der Waals surface area contributed by atoms with Crippen LogP contribution in [-0.2, 0) is 15.9 Å². The van der Waals surface area contributed by atoms with Crippen molar-refractivity contribution in [3.05, 3.63) is 53.1 Å². The Bertz CT molecular complexity index is 1040. The van der Waals surface area contributed by atoms with E-state index >= 15 is 0 Å². The molecule has 148 valence electrons. The third-order valence-electron chi connectivity index (χ3n) is 7.47. The molecule has 5 nitrogen and oxygen atoms in total. The molecule has 0 bridgehead atoms. The van der Waals surface area contributed by atoms with Crippen molar-refractivity contribution in [2.24, 2.45) is 11.0 Å². The quantitative estimate of drug-likeness (QED) is 0.743. The largest absolute Gasteiger partial charge is 0.347 e. The molecule has 2 heterocycles. The van der Waals surface area contributed by atoms with Crippen LogP contribution in [0.1, 0.15) is 55.2 Å². The first-order valence-electron chi connectivity index (χ1n) is 10.8. The molecule has 1 unspecified atom stereocenters. The van der Waals surface area contributed by atoms with Gasteiger partial charge in [0.2, 0.25) is 5.91 Å². The molecule has 29 heavy (non-hydrogen) atoms. The van der Waals surface area contributed by atoms with Gasteiger partial charge >= 0.3 is 0 Å². The molecular weight excluding hydrogens is 360 g/mol. The maximum atomic E-state index is 12.8. The fraction of sp³-hybridized carbons (Fsp3) is 0.417. The zero-order valence-corrected chi connectivity index (χ0v) is 16.7. The van der Waals surface area contributed by atoms with E-state index in [2.05, 4.69) is 64.5 Å². The molecule has 6 rings (SSSR count). The van der Waals surface area contributed by atoms with Crippen molar-refractivity contribution in [2.75, 3.05) is 5.32 Å². The topological polar surface area (TPSA) is 65.5 Å². The van der Waals surface area contributed by atoms with E-state index in [0.717, 1.165) is 36.9 Å². The summed E-state index contributed by atoms with van der Waals surface area (Å²) < 4.78 is 0. The van der Waals surface area contributed by atoms with Crippen molar-refractivity contribution in [1.29, 1.82) is 0 Å². The van der Waals surface area contributed by atoms with Gasteiger partial charge in [-0.3, -0.25) is 10.2 Å². The monoisotopic (exact) mass is 386 g/mol. The standard InChI is InChI=1S/C24H26N4O/c1-15-4-6-18(24(17-7-8-17)25-14-26-28-24)13-19(15)16-5-9-20-21(12-16)27-22(29)23(20)10-2-3-11-23/h4-6,9,12-14,17,28H,2-3,7-8,10-11H2,1H3,(H,25,26)(H,27,29). The summed E-state index contributed by atoms with van der Waals surface area (Å²) in [4.78, 5) is 12.8. The zero-order valence-electron chi connectivity index (χ0n) is 16.7. The molecule has 4 aliphatic rings. The number of hydrazone groups is 1. The molecule has 1 amide bonds. The van der Waals surface area contributed by atoms with Gasteiger partial charge in [0.05, 0.1) is 5.41 Å². The SMILES string of the molecule is Cc1ccc(C2(C3CC3)NC=NN2)cc1-c1ccc2c(c1)NC(=O)C21CCCC1. The second-order valence-electron chi connectivity index (χ2n) is 9.13. The number of hydrogen-bond donors (Lipinski definition) is 3. The summed E-state index contributed by atoms with van der Waals surface area (Å²) in [5.41, 5.74) is 9.77. The minimum absolute atomic E-state index is 0.191. The second kappa shape index (κ2) is 5.85. The molecule has 0 radical (unpaired) electrons. The molecule has 1 atom stereocenters. The van der Waals surface area contributed by atoms with Gasteiger partial charge in [0.25, 0.3) is 0 Å². The Morgan fingerprint density at radius 1 is 1.07 bits per heavy atom. The number of benzene rings is 2. The van der Waals surface area contributed by atoms with Gasteiger partial charge in [-0.25, -0.2) is 0 Å². The summed E-state index contributed by atoms with van der Waals surface area (Å²) in [6.45, 7) is 2.15. The molecule has 1 spiro atoms. The molecule has 2 saturated carbocycles. The van der Waals surface area contributed by atoms with Gasteiger partial charge in [-0.1, -0.05) is 37.1 Å². The van der Waals surface area contributed by atoms with E-state index in [9.17, 15) is 4.79 Å². The second-order valence-corrected chi connectivity index (χ2v) is 9.13. The van der Waals surface area contributed by atoms with Crippen molar-refractivity contribution in [3.63, 3.8) is 0 Å². The summed E-state index contributed by atoms with van der Waals surface area (Å²) in [6, 6.07) is 13.2. The molecule has 2 aliphatic heterocycles. The lowest BCUT2D eigenvalue weighted by molar-refractivity contribution is -0.120. The molecule has 2 aromatic carbocycles. The van der Waals surface area contributed by atoms with Crippen LogP contribution >= 0.6 is 0 Å². The third kappa shape index (κ3) is 2.33. The first kappa shape index (κ1) is 17.1. The van der Waals surface area contributed by atoms with Crippen LogP contribution in [0, 0.1) is 12.8 Å². The van der Waals surface area contributed by atoms with Crippen molar-refractivity contribution >= 4 is 17.9 Å². The Hall–Kier alpha value is -2.82. The van der Waals surface area contributed by atoms with Crippen LogP contribution in [0.5, 0.6) is 0 Å². The van der Waals surface area contributed by atoms with Crippen molar-refractivity contribution in [3.8, 4) is 11.1 Å². The average Bonchev–Trinajstić information content (AvgIpc) is 3.17. The Kier molecular flexibility index (Phi) is 3.44. The van der Waals surface area contributed by atoms with Crippen LogP contribution in [0.3, 0.4) is 0 Å². The van der Waals surface area contributed by atoms with Crippen molar-refractivity contribution < 1.29 is 4.79 Å². The van der Waals surface area contributed by atoms with Gasteiger partial charge in [-0.15, -0.1) is 0 Å². The Labute approximate surface area is 171 Å². The molecule has 5 heteroatoms. The van der Waals surface area contributed by atoms with Crippen LogP contribution in [-0.4, -0.2) is 12.2 Å². The average molecular weight is 386 g/mol. The lowest BCUT2D eigenvalue weighted by atomic mass is 9.79. The van der Waals surface area contributed by atoms with E-state index < -0.39 is 0 Å². The van der Waals surface area contributed by atoms with E-state index in [1.54, 1.807) is 6.34 Å². The van der Waals surface area contributed by atoms with Gasteiger partial charge in [-0.05, 0) is 72.6 Å². The fourth-order valence-electron chi connectivity index (χ4n) is 5.66. The number of fused-ring (bicyclic) bond motifs is 2. The molecule has 0 saturated heterocycles. The number of carbonyl (C=O) groups is 1. The molecule has 2 aromatic rings. The van der Waals surface area contributed by atoms with Crippen LogP contribution in [0.4, 0.5) is 5.69 Å². The van der Waals surface area contributed by atoms with Crippen LogP contribution in [0.2, 0.25) is 0 Å². The van der Waals surface area contributed by atoms with E-state index in [-0.39, 0.29) is 17.0 Å². The van der Waals surface area contributed by atoms with Gasteiger partial charge in [0, 0.05) is 11.6 Å². The Morgan fingerprint density at radius 2 is 1.90 bits per heavy atom. The fourth-order valence-corrected chi connectivity index (χ4v) is 5.66. The first-order chi connectivity index (χ1) is 14.1. The van der Waals surface area contributed by atoms with E-state index in [1.165, 1.54) is 35.1 Å². The van der Waals surface area contributed by atoms with Crippen LogP contribution in [0.15, 0.2) is 41.5 Å². The number of carbonyl (C=O) groups excluding carboxylic acids is 1. The highest BCUT2D eigenvalue weighted by molar-refractivity contribution is 6.07. The van der Waals surface area contributed by atoms with Gasteiger partial charge in [0.15, 0.2) is 5.66 Å². The highest BCUT2D eigenvalue weighted by Gasteiger charge is 2.49. The predicted molar refractivity (Wildman–Crippen MR) is 115 cm³/mol. The van der Waals surface area contributed by atoms with Crippen LogP contribution < -0.4 is 16.1 Å². The Morgan fingerprint density at radius 3 is 2.62 bits per heavy atom. The Balaban J connectivity index is 1.42. The highest BCUT2D eigenvalue weighted by Crippen LogP contribution is 2.50. The lowest BCUT2D eigenvalue weighted by Crippen LogP contribution is -2.48. The number of amides is 1. The van der Waals surface area contributed by atoms with E-state index in [1.807, 2.05) is 0 Å². The van der Waals surface area contributed by atoms with Crippen LogP contribution in [0.25, 0.3) is 11.1 Å². The van der Waals surface area contributed by atoms with Gasteiger partial charge in [0.1, 0.15) is 6.34 Å². The summed E-state index contributed by atoms with van der Waals surface area (Å²) in [6.07, 6.45) is 8.41. The maximum absolute atomic E-state index is 12.8. The molecule has 0 aromatic heterocycles. The summed E-state index contributed by atoms with van der Waals surface area (Å²) in [5.74, 6) is 0.749. The number of aryl methyl sites for hydroxylation is 1. The minimum Gasteiger partial charge on any atom is -0.347 e. The highest BCUT2D eigenvalue weighted by atomic mass is 16.2. The van der Waals surface area contributed by atoms with Gasteiger partial charge < -0.3 is 10.6 Å². The summed E-state index contributed by atoms with van der Waals surface area (Å²) >= 11 is 0. The molecular formula is C24H26N4O. The summed E-state index contributed by atoms with van der Waals surface area (Å²) in [7, 11) is 0. The number of nitrogens with zero attached hydrogens (tertiary/aromatic N) is 1. The molecule has 2 fully saturated rings. The van der Waals surface area contributed by atoms with E-state index in [4.69, 9.17) is 0 Å². The zero-order chi connectivity index (χ0) is 19.6. The first-order valence-corrected chi connectivity index (χ1v) is 10.8. The lowest BCUT2D eigenvalue weighted by Gasteiger charge is -2.30. The van der Waals surface area contributed by atoms with E-state index in [0.29, 0.717) is 5.92 Å². The number of anilines is 1. The predicted octanol–water partition coefficient (Wildman–Crippen LogP) is 4.12. The third-order valence-corrected chi connectivity index (χ3v) is 7.47. The van der Waals surface area contributed by atoms with Gasteiger partial charge in [-0.2, -0.15) is 5.10 Å². The number of hydrogen-bond acceptors (Lipinski definition) is 4. The summed E-state index contributed by atoms with van der Waals surface area (Å²) in [5, 5.41) is 10.9. The normalized spacial score (nSPS) is 26.3. The molecule has 3 N–H and O–H groups in total. The van der Waals surface area contributed by atoms with Crippen molar-refractivity contribution in [1.82, 2.24) is 10.7 Å². The number of rotatable bonds is 3. The minimum atomic E-state index is -0.290. The smallest absolute Gasteiger partial charge is 0.235 e.